The third kappa shape index (κ3) is 2.88. The van der Waals surface area contributed by atoms with E-state index in [2.05, 4.69) is 32.7 Å². The Bertz CT molecular complexity index is 518. The molecule has 0 saturated carbocycles. The molecule has 1 fully saturated rings. The summed E-state index contributed by atoms with van der Waals surface area (Å²) in [6, 6.07) is 0. The molecule has 1 aliphatic rings. The van der Waals surface area contributed by atoms with Crippen LogP contribution in [0.25, 0.3) is 0 Å². The molecule has 5 heteroatoms. The van der Waals surface area contributed by atoms with Gasteiger partial charge in [-0.25, -0.2) is 4.98 Å². The van der Waals surface area contributed by atoms with Crippen LogP contribution < -0.4 is 5.73 Å². The lowest BCUT2D eigenvalue weighted by Crippen LogP contribution is -2.34. The van der Waals surface area contributed by atoms with Gasteiger partial charge in [-0.05, 0) is 25.3 Å². The molecule has 0 bridgehead atoms. The molecular formula is C15H25N3OS. The lowest BCUT2D eigenvalue weighted by atomic mass is 9.90. The second-order valence-corrected chi connectivity index (χ2v) is 8.17. The second kappa shape index (κ2) is 5.11. The van der Waals surface area contributed by atoms with Gasteiger partial charge in [0.2, 0.25) is 0 Å². The molecule has 2 rings (SSSR count). The van der Waals surface area contributed by atoms with Crippen molar-refractivity contribution in [3.8, 4) is 0 Å². The van der Waals surface area contributed by atoms with E-state index in [1.54, 1.807) is 0 Å². The SMILES string of the molecule is Cc1nc(C(C)(C)C)sc1C(=O)N1CCC(C)(CN)C1. The summed E-state index contributed by atoms with van der Waals surface area (Å²) in [5.41, 5.74) is 6.73. The van der Waals surface area contributed by atoms with E-state index in [4.69, 9.17) is 5.73 Å². The summed E-state index contributed by atoms with van der Waals surface area (Å²) in [6.07, 6.45) is 0.985. The summed E-state index contributed by atoms with van der Waals surface area (Å²) >= 11 is 1.54. The second-order valence-electron chi connectivity index (χ2n) is 7.18. The van der Waals surface area contributed by atoms with Crippen molar-refractivity contribution < 1.29 is 4.79 Å². The van der Waals surface area contributed by atoms with E-state index in [1.165, 1.54) is 11.3 Å². The third-order valence-corrected chi connectivity index (χ3v) is 5.54. The van der Waals surface area contributed by atoms with Crippen LogP contribution in [0, 0.1) is 12.3 Å². The van der Waals surface area contributed by atoms with Crippen molar-refractivity contribution in [2.75, 3.05) is 19.6 Å². The van der Waals surface area contributed by atoms with Crippen LogP contribution in [0.1, 0.15) is 54.5 Å². The predicted molar refractivity (Wildman–Crippen MR) is 83.2 cm³/mol. The van der Waals surface area contributed by atoms with Crippen LogP contribution in [0.15, 0.2) is 0 Å². The predicted octanol–water partition coefficient (Wildman–Crippen LogP) is 2.56. The molecule has 0 radical (unpaired) electrons. The van der Waals surface area contributed by atoms with Gasteiger partial charge < -0.3 is 10.6 Å². The molecule has 112 valence electrons. The Morgan fingerprint density at radius 3 is 2.60 bits per heavy atom. The summed E-state index contributed by atoms with van der Waals surface area (Å²) in [4.78, 5) is 20.0. The first-order valence-corrected chi connectivity index (χ1v) is 7.95. The van der Waals surface area contributed by atoms with Gasteiger partial charge in [0.25, 0.3) is 5.91 Å². The summed E-state index contributed by atoms with van der Waals surface area (Å²) in [5, 5.41) is 1.03. The number of nitrogens with zero attached hydrogens (tertiary/aromatic N) is 2. The zero-order valence-corrected chi connectivity index (χ0v) is 13.9. The van der Waals surface area contributed by atoms with Gasteiger partial charge >= 0.3 is 0 Å². The van der Waals surface area contributed by atoms with Gasteiger partial charge in [-0.15, -0.1) is 11.3 Å². The minimum Gasteiger partial charge on any atom is -0.337 e. The number of thiazole rings is 1. The maximum Gasteiger partial charge on any atom is 0.265 e. The zero-order chi connectivity index (χ0) is 15.1. The largest absolute Gasteiger partial charge is 0.337 e. The molecule has 4 nitrogen and oxygen atoms in total. The van der Waals surface area contributed by atoms with Crippen LogP contribution in [0.4, 0.5) is 0 Å². The molecule has 0 aromatic carbocycles. The molecule has 0 aliphatic carbocycles. The van der Waals surface area contributed by atoms with E-state index in [0.717, 1.165) is 35.1 Å². The van der Waals surface area contributed by atoms with E-state index < -0.39 is 0 Å². The number of amides is 1. The highest BCUT2D eigenvalue weighted by Gasteiger charge is 2.36. The van der Waals surface area contributed by atoms with Crippen molar-refractivity contribution in [3.05, 3.63) is 15.6 Å². The average Bonchev–Trinajstić information content (AvgIpc) is 2.92. The van der Waals surface area contributed by atoms with E-state index in [1.807, 2.05) is 11.8 Å². The summed E-state index contributed by atoms with van der Waals surface area (Å²) in [5.74, 6) is 0.118. The fourth-order valence-corrected chi connectivity index (χ4v) is 3.51. The topological polar surface area (TPSA) is 59.2 Å². The highest BCUT2D eigenvalue weighted by Crippen LogP contribution is 2.33. The molecule has 1 atom stereocenters. The van der Waals surface area contributed by atoms with Crippen LogP contribution in [-0.4, -0.2) is 35.4 Å². The number of hydrogen-bond donors (Lipinski definition) is 1. The van der Waals surface area contributed by atoms with E-state index in [-0.39, 0.29) is 16.7 Å². The zero-order valence-electron chi connectivity index (χ0n) is 13.1. The highest BCUT2D eigenvalue weighted by atomic mass is 32.1. The lowest BCUT2D eigenvalue weighted by Gasteiger charge is -2.22. The molecule has 1 aromatic rings. The Kier molecular flexibility index (Phi) is 3.95. The maximum absolute atomic E-state index is 12.7. The number of hydrogen-bond acceptors (Lipinski definition) is 4. The van der Waals surface area contributed by atoms with Gasteiger partial charge in [0.05, 0.1) is 10.7 Å². The third-order valence-electron chi connectivity index (χ3n) is 3.97. The standard InChI is InChI=1S/C15H25N3OS/c1-10-11(20-13(17-10)14(2,3)4)12(19)18-7-6-15(5,8-16)9-18/h6-9,16H2,1-5H3. The van der Waals surface area contributed by atoms with Gasteiger partial charge in [0.15, 0.2) is 0 Å². The van der Waals surface area contributed by atoms with Crippen LogP contribution in [0.5, 0.6) is 0 Å². The van der Waals surface area contributed by atoms with E-state index in [0.29, 0.717) is 6.54 Å². The number of carbonyl (C=O) groups excluding carboxylic acids is 1. The van der Waals surface area contributed by atoms with Crippen LogP contribution in [0.3, 0.4) is 0 Å². The van der Waals surface area contributed by atoms with E-state index >= 15 is 0 Å². The molecular weight excluding hydrogens is 270 g/mol. The number of nitrogens with two attached hydrogens (primary N) is 1. The van der Waals surface area contributed by atoms with Crippen molar-refractivity contribution in [1.29, 1.82) is 0 Å². The Labute approximate surface area is 125 Å². The lowest BCUT2D eigenvalue weighted by molar-refractivity contribution is 0.0780. The minimum absolute atomic E-state index is 0.00919. The molecule has 1 aromatic heterocycles. The van der Waals surface area contributed by atoms with Crippen molar-refractivity contribution in [3.63, 3.8) is 0 Å². The number of aryl methyl sites for hydroxylation is 1. The van der Waals surface area contributed by atoms with Gasteiger partial charge in [-0.2, -0.15) is 0 Å². The molecule has 20 heavy (non-hydrogen) atoms. The number of aromatic nitrogens is 1. The van der Waals surface area contributed by atoms with Gasteiger partial charge in [-0.1, -0.05) is 27.7 Å². The fourth-order valence-electron chi connectivity index (χ4n) is 2.42. The summed E-state index contributed by atoms with van der Waals surface area (Å²) in [7, 11) is 0. The summed E-state index contributed by atoms with van der Waals surface area (Å²) < 4.78 is 0. The van der Waals surface area contributed by atoms with Crippen LogP contribution in [0.2, 0.25) is 0 Å². The number of carbonyl (C=O) groups is 1. The van der Waals surface area contributed by atoms with Gasteiger partial charge in [0, 0.05) is 18.5 Å². The van der Waals surface area contributed by atoms with Gasteiger partial charge in [-0.3, -0.25) is 4.79 Å². The molecule has 1 saturated heterocycles. The minimum atomic E-state index is -0.00919. The smallest absolute Gasteiger partial charge is 0.265 e. The molecule has 0 spiro atoms. The Balaban J connectivity index is 2.21. The molecule has 1 unspecified atom stereocenters. The Morgan fingerprint density at radius 1 is 1.50 bits per heavy atom. The Morgan fingerprint density at radius 2 is 2.15 bits per heavy atom. The maximum atomic E-state index is 12.7. The van der Waals surface area contributed by atoms with Crippen LogP contribution in [-0.2, 0) is 5.41 Å². The monoisotopic (exact) mass is 295 g/mol. The Hall–Kier alpha value is -0.940. The number of rotatable bonds is 2. The van der Waals surface area contributed by atoms with Crippen LogP contribution >= 0.6 is 11.3 Å². The van der Waals surface area contributed by atoms with Crippen molar-refractivity contribution >= 4 is 17.2 Å². The van der Waals surface area contributed by atoms with Crippen molar-refractivity contribution in [2.45, 2.75) is 46.5 Å². The van der Waals surface area contributed by atoms with Crippen molar-refractivity contribution in [1.82, 2.24) is 9.88 Å². The first-order valence-electron chi connectivity index (χ1n) is 7.13. The highest BCUT2D eigenvalue weighted by molar-refractivity contribution is 7.14. The quantitative estimate of drug-likeness (QED) is 0.912. The fraction of sp³-hybridized carbons (Fsp3) is 0.733. The molecule has 1 aliphatic heterocycles. The molecule has 2 N–H and O–H groups in total. The molecule has 1 amide bonds. The number of likely N-dealkylation sites (tertiary alicyclic amines) is 1. The normalized spacial score (nSPS) is 23.4. The first-order chi connectivity index (χ1) is 9.16. The average molecular weight is 295 g/mol. The van der Waals surface area contributed by atoms with Crippen molar-refractivity contribution in [2.24, 2.45) is 11.1 Å². The molecule has 2 heterocycles. The van der Waals surface area contributed by atoms with E-state index in [9.17, 15) is 4.79 Å². The van der Waals surface area contributed by atoms with Gasteiger partial charge in [0.1, 0.15) is 4.88 Å². The first kappa shape index (κ1) is 15.4. The summed E-state index contributed by atoms with van der Waals surface area (Å²) in [6.45, 7) is 12.6.